The Morgan fingerprint density at radius 1 is 1.32 bits per heavy atom. The highest BCUT2D eigenvalue weighted by atomic mass is 35.5. The Labute approximate surface area is 175 Å². The Bertz CT molecular complexity index is 818. The van der Waals surface area contributed by atoms with Crippen molar-refractivity contribution < 1.29 is 4.79 Å². The highest BCUT2D eigenvalue weighted by Gasteiger charge is 2.37. The van der Waals surface area contributed by atoms with Crippen LogP contribution in [0.1, 0.15) is 32.8 Å². The number of thioether (sulfide) groups is 1. The fourth-order valence-electron chi connectivity index (χ4n) is 2.89. The molecule has 1 aromatic carbocycles. The molecule has 1 aliphatic rings. The second-order valence-electron chi connectivity index (χ2n) is 7.14. The summed E-state index contributed by atoms with van der Waals surface area (Å²) in [5.41, 5.74) is 1.71. The van der Waals surface area contributed by atoms with Crippen molar-refractivity contribution in [2.75, 3.05) is 22.5 Å². The zero-order chi connectivity index (χ0) is 20.1. The quantitative estimate of drug-likeness (QED) is 0.380. The first-order valence-corrected chi connectivity index (χ1v) is 10.9. The molecule has 8 heteroatoms. The first-order valence-electron chi connectivity index (χ1n) is 9.54. The summed E-state index contributed by atoms with van der Waals surface area (Å²) in [6.45, 7) is 7.41. The van der Waals surface area contributed by atoms with E-state index in [-0.39, 0.29) is 5.91 Å². The molecule has 0 fully saturated rings. The number of halogens is 1. The normalized spacial score (nSPS) is 15.5. The van der Waals surface area contributed by atoms with Gasteiger partial charge in [0.15, 0.2) is 22.3 Å². The number of fused-ring (bicyclic) bond motifs is 1. The van der Waals surface area contributed by atoms with Crippen LogP contribution in [0, 0.1) is 5.92 Å². The summed E-state index contributed by atoms with van der Waals surface area (Å²) in [5, 5.41) is 7.21. The van der Waals surface area contributed by atoms with Gasteiger partial charge in [0, 0.05) is 18.8 Å². The van der Waals surface area contributed by atoms with Gasteiger partial charge in [0.1, 0.15) is 5.69 Å². The van der Waals surface area contributed by atoms with Crippen LogP contribution in [0.15, 0.2) is 35.5 Å². The van der Waals surface area contributed by atoms with Gasteiger partial charge in [-0.1, -0.05) is 74.5 Å². The average Bonchev–Trinajstić information content (AvgIpc) is 3.04. The van der Waals surface area contributed by atoms with Crippen molar-refractivity contribution in [2.45, 2.75) is 45.1 Å². The molecule has 0 saturated carbocycles. The van der Waals surface area contributed by atoms with Gasteiger partial charge in [-0.3, -0.25) is 4.79 Å². The molecule has 0 saturated heterocycles. The van der Waals surface area contributed by atoms with E-state index in [1.54, 1.807) is 11.8 Å². The summed E-state index contributed by atoms with van der Waals surface area (Å²) in [4.78, 5) is 23.9. The van der Waals surface area contributed by atoms with E-state index in [2.05, 4.69) is 36.4 Å². The first kappa shape index (κ1) is 20.7. The van der Waals surface area contributed by atoms with Gasteiger partial charge in [-0.2, -0.15) is 0 Å². The predicted molar refractivity (Wildman–Crippen MR) is 116 cm³/mol. The van der Waals surface area contributed by atoms with Crippen molar-refractivity contribution >= 4 is 40.8 Å². The first-order chi connectivity index (χ1) is 13.5. The fourth-order valence-corrected chi connectivity index (χ4v) is 3.85. The van der Waals surface area contributed by atoms with Crippen LogP contribution in [-0.4, -0.2) is 34.3 Å². The predicted octanol–water partition coefficient (Wildman–Crippen LogP) is 4.16. The lowest BCUT2D eigenvalue weighted by molar-refractivity contribution is -0.121. The molecule has 0 radical (unpaired) electrons. The molecule has 3 rings (SSSR count). The lowest BCUT2D eigenvalue weighted by Gasteiger charge is -2.25. The minimum Gasteiger partial charge on any atom is -0.352 e. The highest BCUT2D eigenvalue weighted by Crippen LogP contribution is 2.39. The molecule has 2 N–H and O–H groups in total. The molecule has 2 heterocycles. The van der Waals surface area contributed by atoms with Crippen LogP contribution in [-0.2, 0) is 11.3 Å². The summed E-state index contributed by atoms with van der Waals surface area (Å²) in [6, 6.07) is 10.0. The number of aromatic nitrogens is 2. The van der Waals surface area contributed by atoms with Crippen LogP contribution >= 0.6 is 23.4 Å². The summed E-state index contributed by atoms with van der Waals surface area (Å²) < 4.78 is 0. The monoisotopic (exact) mass is 419 g/mol. The second-order valence-corrected chi connectivity index (χ2v) is 8.56. The van der Waals surface area contributed by atoms with Gasteiger partial charge in [0.2, 0.25) is 0 Å². The standard InChI is InChI=1S/C20H26ClN5OS/c1-4-10-28-20-24-16(21)15-17(25-20)26(12-14-8-6-5-7-9-14)18(23-15)19(27)22-11-13(2)3/h5-9,13,18,23H,4,10-12H2,1-3H3,(H,22,27). The zero-order valence-corrected chi connectivity index (χ0v) is 18.0. The summed E-state index contributed by atoms with van der Waals surface area (Å²) >= 11 is 8.01. The van der Waals surface area contributed by atoms with E-state index in [9.17, 15) is 4.79 Å². The van der Waals surface area contributed by atoms with E-state index in [4.69, 9.17) is 16.6 Å². The molecule has 0 bridgehead atoms. The molecule has 0 spiro atoms. The number of anilines is 2. The van der Waals surface area contributed by atoms with E-state index >= 15 is 0 Å². The molecule has 6 nitrogen and oxygen atoms in total. The molecule has 1 aliphatic heterocycles. The molecule has 1 unspecified atom stereocenters. The van der Waals surface area contributed by atoms with Crippen molar-refractivity contribution in [1.82, 2.24) is 15.3 Å². The number of benzene rings is 1. The van der Waals surface area contributed by atoms with Gasteiger partial charge in [-0.15, -0.1) is 0 Å². The van der Waals surface area contributed by atoms with Gasteiger partial charge in [0.25, 0.3) is 5.91 Å². The minimum absolute atomic E-state index is 0.0959. The number of carbonyl (C=O) groups is 1. The van der Waals surface area contributed by atoms with E-state index in [1.165, 1.54) is 0 Å². The zero-order valence-electron chi connectivity index (χ0n) is 16.4. The van der Waals surface area contributed by atoms with Crippen molar-refractivity contribution in [2.24, 2.45) is 5.92 Å². The smallest absolute Gasteiger partial charge is 0.263 e. The van der Waals surface area contributed by atoms with Crippen LogP contribution in [0.5, 0.6) is 0 Å². The largest absolute Gasteiger partial charge is 0.352 e. The number of amides is 1. The summed E-state index contributed by atoms with van der Waals surface area (Å²) in [6.07, 6.45) is 0.446. The van der Waals surface area contributed by atoms with E-state index in [0.717, 1.165) is 17.7 Å². The summed E-state index contributed by atoms with van der Waals surface area (Å²) in [7, 11) is 0. The lowest BCUT2D eigenvalue weighted by Crippen LogP contribution is -2.49. The third-order valence-corrected chi connectivity index (χ3v) is 5.58. The Balaban J connectivity index is 1.92. The Kier molecular flexibility index (Phi) is 7.02. The van der Waals surface area contributed by atoms with Gasteiger partial charge in [-0.25, -0.2) is 9.97 Å². The van der Waals surface area contributed by atoms with Gasteiger partial charge in [0.05, 0.1) is 0 Å². The van der Waals surface area contributed by atoms with Gasteiger partial charge >= 0.3 is 0 Å². The molecule has 0 aliphatic carbocycles. The topological polar surface area (TPSA) is 70.2 Å². The van der Waals surface area contributed by atoms with Gasteiger partial charge < -0.3 is 15.5 Å². The molecule has 1 amide bonds. The van der Waals surface area contributed by atoms with Crippen LogP contribution in [0.3, 0.4) is 0 Å². The number of carbonyl (C=O) groups excluding carboxylic acids is 1. The minimum atomic E-state index is -0.577. The molecular formula is C20H26ClN5OS. The molecule has 1 atom stereocenters. The number of rotatable bonds is 8. The lowest BCUT2D eigenvalue weighted by atomic mass is 10.2. The molecular weight excluding hydrogens is 394 g/mol. The van der Waals surface area contributed by atoms with Crippen molar-refractivity contribution in [1.29, 1.82) is 0 Å². The Hall–Kier alpha value is -1.99. The second kappa shape index (κ2) is 9.47. The maximum atomic E-state index is 12.9. The van der Waals surface area contributed by atoms with Crippen LogP contribution in [0.2, 0.25) is 5.15 Å². The van der Waals surface area contributed by atoms with E-state index in [1.807, 2.05) is 35.2 Å². The highest BCUT2D eigenvalue weighted by molar-refractivity contribution is 7.99. The Morgan fingerprint density at radius 3 is 2.75 bits per heavy atom. The fraction of sp³-hybridized carbons (Fsp3) is 0.450. The van der Waals surface area contributed by atoms with Crippen molar-refractivity contribution in [3.8, 4) is 0 Å². The number of nitrogens with one attached hydrogen (secondary N) is 2. The van der Waals surface area contributed by atoms with Crippen LogP contribution < -0.4 is 15.5 Å². The SMILES string of the molecule is CCCSc1nc(Cl)c2c(n1)N(Cc1ccccc1)C(C(=O)NCC(C)C)N2. The van der Waals surface area contributed by atoms with E-state index < -0.39 is 6.17 Å². The third-order valence-electron chi connectivity index (χ3n) is 4.25. The average molecular weight is 420 g/mol. The molecule has 150 valence electrons. The number of hydrogen-bond donors (Lipinski definition) is 2. The van der Waals surface area contributed by atoms with Gasteiger partial charge in [-0.05, 0) is 17.9 Å². The third kappa shape index (κ3) is 4.89. The van der Waals surface area contributed by atoms with Crippen molar-refractivity contribution in [3.05, 3.63) is 41.0 Å². The van der Waals surface area contributed by atoms with E-state index in [0.29, 0.717) is 40.8 Å². The van der Waals surface area contributed by atoms with Crippen molar-refractivity contribution in [3.63, 3.8) is 0 Å². The molecule has 2 aromatic rings. The van der Waals surface area contributed by atoms with Crippen LogP contribution in [0.25, 0.3) is 0 Å². The Morgan fingerprint density at radius 2 is 2.07 bits per heavy atom. The maximum Gasteiger partial charge on any atom is 0.263 e. The molecule has 28 heavy (non-hydrogen) atoms. The number of nitrogens with zero attached hydrogens (tertiary/aromatic N) is 3. The summed E-state index contributed by atoms with van der Waals surface area (Å²) in [5.74, 6) is 1.86. The maximum absolute atomic E-state index is 12.9. The molecule has 1 aromatic heterocycles. The van der Waals surface area contributed by atoms with Crippen LogP contribution in [0.4, 0.5) is 11.5 Å². The number of hydrogen-bond acceptors (Lipinski definition) is 6.